The van der Waals surface area contributed by atoms with Crippen LogP contribution in [0.3, 0.4) is 0 Å². The van der Waals surface area contributed by atoms with Crippen molar-refractivity contribution in [3.8, 4) is 0 Å². The van der Waals surface area contributed by atoms with E-state index in [0.29, 0.717) is 12.4 Å². The van der Waals surface area contributed by atoms with Crippen molar-refractivity contribution < 1.29 is 9.53 Å². The van der Waals surface area contributed by atoms with E-state index in [0.717, 1.165) is 36.3 Å². The minimum atomic E-state index is -0.541. The molecule has 1 aliphatic rings. The second-order valence-electron chi connectivity index (χ2n) is 8.09. The minimum Gasteiger partial charge on any atom is -0.371 e. The van der Waals surface area contributed by atoms with Crippen LogP contribution in [0, 0.1) is 0 Å². The van der Waals surface area contributed by atoms with Crippen molar-refractivity contribution in [2.75, 3.05) is 0 Å². The molecule has 0 spiro atoms. The van der Waals surface area contributed by atoms with Gasteiger partial charge in [-0.1, -0.05) is 73.0 Å². The first-order valence-electron chi connectivity index (χ1n) is 10.3. The molecule has 156 valence electrons. The molecule has 3 nitrogen and oxygen atoms in total. The molecule has 2 aromatic rings. The van der Waals surface area contributed by atoms with E-state index >= 15 is 0 Å². The topological polar surface area (TPSA) is 38.3 Å². The number of nitrogens with one attached hydrogen (secondary N) is 1. The van der Waals surface area contributed by atoms with Crippen LogP contribution in [-0.2, 0) is 21.9 Å². The summed E-state index contributed by atoms with van der Waals surface area (Å²) in [6.45, 7) is 4.54. The highest BCUT2D eigenvalue weighted by atomic mass is 35.5. The van der Waals surface area contributed by atoms with Crippen LogP contribution >= 0.6 is 23.4 Å². The van der Waals surface area contributed by atoms with E-state index in [2.05, 4.69) is 17.4 Å². The van der Waals surface area contributed by atoms with E-state index in [9.17, 15) is 4.79 Å². The van der Waals surface area contributed by atoms with Crippen molar-refractivity contribution in [2.24, 2.45) is 0 Å². The van der Waals surface area contributed by atoms with E-state index < -0.39 is 4.75 Å². The van der Waals surface area contributed by atoms with Gasteiger partial charge in [-0.15, -0.1) is 11.8 Å². The lowest BCUT2D eigenvalue weighted by molar-refractivity contribution is -0.125. The van der Waals surface area contributed by atoms with Crippen molar-refractivity contribution in [3.63, 3.8) is 0 Å². The van der Waals surface area contributed by atoms with Gasteiger partial charge >= 0.3 is 0 Å². The summed E-state index contributed by atoms with van der Waals surface area (Å²) in [6.07, 6.45) is 4.30. The van der Waals surface area contributed by atoms with Crippen molar-refractivity contribution in [1.29, 1.82) is 0 Å². The summed E-state index contributed by atoms with van der Waals surface area (Å²) in [5, 5.41) is 4.03. The zero-order valence-corrected chi connectivity index (χ0v) is 18.8. The van der Waals surface area contributed by atoms with E-state index in [1.165, 1.54) is 5.56 Å². The molecule has 1 N–H and O–H groups in total. The first-order chi connectivity index (χ1) is 14.0. The third-order valence-electron chi connectivity index (χ3n) is 5.42. The maximum absolute atomic E-state index is 13.0. The first-order valence-corrected chi connectivity index (χ1v) is 11.7. The Morgan fingerprint density at radius 3 is 2.55 bits per heavy atom. The van der Waals surface area contributed by atoms with Gasteiger partial charge in [0.2, 0.25) is 5.91 Å². The minimum absolute atomic E-state index is 0.0646. The molecule has 2 aromatic carbocycles. The lowest BCUT2D eigenvalue weighted by atomic mass is 9.92. The van der Waals surface area contributed by atoms with Crippen LogP contribution in [0.2, 0.25) is 5.02 Å². The molecule has 0 heterocycles. The Morgan fingerprint density at radius 1 is 1.10 bits per heavy atom. The van der Waals surface area contributed by atoms with Crippen molar-refractivity contribution >= 4 is 29.3 Å². The average molecular weight is 432 g/mol. The summed E-state index contributed by atoms with van der Waals surface area (Å²) in [5.74, 6) is 0.772. The van der Waals surface area contributed by atoms with Gasteiger partial charge in [0.05, 0.1) is 23.5 Å². The lowest BCUT2D eigenvalue weighted by Gasteiger charge is -2.34. The molecular formula is C24H30ClNO2S. The van der Waals surface area contributed by atoms with Crippen LogP contribution < -0.4 is 5.32 Å². The third-order valence-corrected chi connectivity index (χ3v) is 7.15. The van der Waals surface area contributed by atoms with Crippen molar-refractivity contribution in [2.45, 2.75) is 68.8 Å². The van der Waals surface area contributed by atoms with Crippen LogP contribution in [0.5, 0.6) is 0 Å². The Kier molecular flexibility index (Phi) is 8.05. The number of carbonyl (C=O) groups is 1. The summed E-state index contributed by atoms with van der Waals surface area (Å²) >= 11 is 7.88. The van der Waals surface area contributed by atoms with Crippen LogP contribution in [0.15, 0.2) is 54.6 Å². The zero-order chi connectivity index (χ0) is 20.7. The van der Waals surface area contributed by atoms with E-state index in [1.807, 2.05) is 56.3 Å². The van der Waals surface area contributed by atoms with Gasteiger partial charge in [-0.2, -0.15) is 0 Å². The molecule has 1 saturated carbocycles. The molecule has 1 aliphatic carbocycles. The quantitative estimate of drug-likeness (QED) is 0.557. The van der Waals surface area contributed by atoms with E-state index in [-0.39, 0.29) is 18.1 Å². The van der Waals surface area contributed by atoms with Crippen molar-refractivity contribution in [1.82, 2.24) is 5.32 Å². The number of rotatable bonds is 8. The van der Waals surface area contributed by atoms with E-state index in [1.54, 1.807) is 11.8 Å². The summed E-state index contributed by atoms with van der Waals surface area (Å²) in [6, 6.07) is 18.1. The van der Waals surface area contributed by atoms with Gasteiger partial charge in [-0.25, -0.2) is 0 Å². The number of amides is 1. The van der Waals surface area contributed by atoms with Gasteiger partial charge in [-0.3, -0.25) is 4.79 Å². The number of ether oxygens (including phenoxy) is 1. The SMILES string of the molecule is CC(C)(SCc1ccccc1Cl)C(=O)N[C@@H]1CCCC[C@H]1OCc1ccccc1. The predicted molar refractivity (Wildman–Crippen MR) is 122 cm³/mol. The highest BCUT2D eigenvalue weighted by Crippen LogP contribution is 2.32. The Balaban J connectivity index is 1.55. The van der Waals surface area contributed by atoms with Gasteiger partial charge in [0.25, 0.3) is 0 Å². The Hall–Kier alpha value is -1.49. The molecule has 1 amide bonds. The molecule has 1 fully saturated rings. The number of thioether (sulfide) groups is 1. The summed E-state index contributed by atoms with van der Waals surface area (Å²) in [4.78, 5) is 13.0. The van der Waals surface area contributed by atoms with E-state index in [4.69, 9.17) is 16.3 Å². The molecule has 3 rings (SSSR count). The number of benzene rings is 2. The second kappa shape index (κ2) is 10.5. The highest BCUT2D eigenvalue weighted by Gasteiger charge is 2.34. The number of hydrogen-bond acceptors (Lipinski definition) is 3. The third kappa shape index (κ3) is 6.50. The Bertz CT molecular complexity index is 796. The van der Waals surface area contributed by atoms with Gasteiger partial charge in [0.1, 0.15) is 0 Å². The second-order valence-corrected chi connectivity index (χ2v) is 10.1. The van der Waals surface area contributed by atoms with Gasteiger partial charge in [-0.05, 0) is 43.9 Å². The fraction of sp³-hybridized carbons (Fsp3) is 0.458. The fourth-order valence-corrected chi connectivity index (χ4v) is 4.76. The molecule has 0 saturated heterocycles. The monoisotopic (exact) mass is 431 g/mol. The maximum atomic E-state index is 13.0. The number of carbonyl (C=O) groups excluding carboxylic acids is 1. The molecule has 29 heavy (non-hydrogen) atoms. The molecular weight excluding hydrogens is 402 g/mol. The molecule has 0 radical (unpaired) electrons. The first kappa shape index (κ1) is 22.2. The molecule has 0 aromatic heterocycles. The van der Waals surface area contributed by atoms with Gasteiger partial charge in [0, 0.05) is 10.8 Å². The summed E-state index contributed by atoms with van der Waals surface area (Å²) in [7, 11) is 0. The smallest absolute Gasteiger partial charge is 0.235 e. The van der Waals surface area contributed by atoms with Crippen molar-refractivity contribution in [3.05, 3.63) is 70.7 Å². The molecule has 0 unspecified atom stereocenters. The van der Waals surface area contributed by atoms with Crippen LogP contribution in [0.25, 0.3) is 0 Å². The summed E-state index contributed by atoms with van der Waals surface area (Å²) < 4.78 is 5.66. The highest BCUT2D eigenvalue weighted by molar-refractivity contribution is 8.00. The molecule has 0 bridgehead atoms. The molecule has 5 heteroatoms. The number of hydrogen-bond donors (Lipinski definition) is 1. The zero-order valence-electron chi connectivity index (χ0n) is 17.2. The maximum Gasteiger partial charge on any atom is 0.235 e. The average Bonchev–Trinajstić information content (AvgIpc) is 2.73. The normalized spacial score (nSPS) is 19.7. The largest absolute Gasteiger partial charge is 0.371 e. The van der Waals surface area contributed by atoms with Gasteiger partial charge < -0.3 is 10.1 Å². The fourth-order valence-electron chi connectivity index (χ4n) is 3.52. The van der Waals surface area contributed by atoms with Crippen LogP contribution in [0.4, 0.5) is 0 Å². The predicted octanol–water partition coefficient (Wildman–Crippen LogP) is 6.00. The Morgan fingerprint density at radius 2 is 1.79 bits per heavy atom. The number of halogens is 1. The molecule has 2 atom stereocenters. The standard InChI is InChI=1S/C24H30ClNO2S/c1-24(2,29-17-19-12-6-7-13-20(19)25)23(27)26-21-14-8-9-15-22(21)28-16-18-10-4-3-5-11-18/h3-7,10-13,21-22H,8-9,14-17H2,1-2H3,(H,26,27)/t21-,22-/m1/s1. The van der Waals surface area contributed by atoms with Crippen LogP contribution in [-0.4, -0.2) is 22.8 Å². The summed E-state index contributed by atoms with van der Waals surface area (Å²) in [5.41, 5.74) is 2.22. The van der Waals surface area contributed by atoms with Crippen LogP contribution in [0.1, 0.15) is 50.7 Å². The molecule has 0 aliphatic heterocycles. The lowest BCUT2D eigenvalue weighted by Crippen LogP contribution is -2.51. The van der Waals surface area contributed by atoms with Gasteiger partial charge in [0.15, 0.2) is 0 Å². The Labute approximate surface area is 183 Å².